The first-order valence-electron chi connectivity index (χ1n) is 5.09. The van der Waals surface area contributed by atoms with Gasteiger partial charge in [-0.05, 0) is 26.0 Å². The average molecular weight is 251 g/mol. The van der Waals surface area contributed by atoms with Crippen LogP contribution in [0.3, 0.4) is 0 Å². The molecule has 1 aromatic rings. The molecule has 0 aliphatic heterocycles. The molecule has 0 saturated carbocycles. The fourth-order valence-electron chi connectivity index (χ4n) is 1.28. The molecule has 7 nitrogen and oxygen atoms in total. The molecule has 96 valence electrons. The number of hydrogen-bond donors (Lipinski definition) is 2. The Labute approximate surface area is 103 Å². The number of hydrogen-bond acceptors (Lipinski definition) is 5. The van der Waals surface area contributed by atoms with E-state index in [1.807, 2.05) is 0 Å². The van der Waals surface area contributed by atoms with Crippen molar-refractivity contribution in [3.05, 3.63) is 33.9 Å². The molecule has 0 heterocycles. The standard InChI is InChI=1S/C11H13N3O4/c1-11(2,10(12)16)13-8-4-3-7(6-15)5-9(8)14(17)18/h3-6,13H,1-2H3,(H2,12,16). The van der Waals surface area contributed by atoms with Crippen LogP contribution in [0.25, 0.3) is 0 Å². The second kappa shape index (κ2) is 4.82. The van der Waals surface area contributed by atoms with Gasteiger partial charge in [-0.2, -0.15) is 0 Å². The minimum absolute atomic E-state index is 0.134. The number of nitro benzene ring substituents is 1. The number of nitrogens with one attached hydrogen (secondary N) is 1. The van der Waals surface area contributed by atoms with Crippen molar-refractivity contribution >= 4 is 23.6 Å². The molecule has 0 aliphatic carbocycles. The first-order chi connectivity index (χ1) is 8.27. The molecular formula is C11H13N3O4. The Kier molecular flexibility index (Phi) is 3.65. The third-order valence-electron chi connectivity index (χ3n) is 2.42. The molecule has 3 N–H and O–H groups in total. The average Bonchev–Trinajstić information content (AvgIpc) is 2.28. The summed E-state index contributed by atoms with van der Waals surface area (Å²) in [6.45, 7) is 3.01. The molecule has 1 aromatic carbocycles. The van der Waals surface area contributed by atoms with Gasteiger partial charge in [0.25, 0.3) is 5.69 Å². The number of anilines is 1. The van der Waals surface area contributed by atoms with E-state index in [1.54, 1.807) is 0 Å². The van der Waals surface area contributed by atoms with Gasteiger partial charge in [0.2, 0.25) is 5.91 Å². The lowest BCUT2D eigenvalue weighted by Gasteiger charge is -2.23. The number of carbonyl (C=O) groups is 2. The van der Waals surface area contributed by atoms with Gasteiger partial charge in [-0.25, -0.2) is 0 Å². The first kappa shape index (κ1) is 13.6. The number of amides is 1. The summed E-state index contributed by atoms with van der Waals surface area (Å²) in [6.07, 6.45) is 0.510. The molecule has 0 aromatic heterocycles. The molecule has 0 unspecified atom stereocenters. The molecule has 0 bridgehead atoms. The molecule has 0 radical (unpaired) electrons. The second-order valence-electron chi connectivity index (χ2n) is 4.27. The first-order valence-corrected chi connectivity index (χ1v) is 5.09. The van der Waals surface area contributed by atoms with Crippen LogP contribution in [0.1, 0.15) is 24.2 Å². The molecule has 0 fully saturated rings. The van der Waals surface area contributed by atoms with Crippen molar-refractivity contribution in [3.63, 3.8) is 0 Å². The van der Waals surface area contributed by atoms with Crippen LogP contribution in [0.5, 0.6) is 0 Å². The minimum atomic E-state index is -1.13. The molecule has 0 aliphatic rings. The lowest BCUT2D eigenvalue weighted by Crippen LogP contribution is -2.45. The van der Waals surface area contributed by atoms with Gasteiger partial charge in [0.05, 0.1) is 4.92 Å². The maximum atomic E-state index is 11.2. The molecule has 0 saturated heterocycles. The summed E-state index contributed by atoms with van der Waals surface area (Å²) >= 11 is 0. The van der Waals surface area contributed by atoms with Crippen LogP contribution in [0.2, 0.25) is 0 Å². The Hall–Kier alpha value is -2.44. The normalized spacial score (nSPS) is 10.8. The lowest BCUT2D eigenvalue weighted by molar-refractivity contribution is -0.384. The Balaban J connectivity index is 3.21. The summed E-state index contributed by atoms with van der Waals surface area (Å²) in [5.41, 5.74) is 4.08. The van der Waals surface area contributed by atoms with Gasteiger partial charge in [-0.15, -0.1) is 0 Å². The largest absolute Gasteiger partial charge is 0.368 e. The molecule has 0 atom stereocenters. The summed E-state index contributed by atoms with van der Waals surface area (Å²) < 4.78 is 0. The summed E-state index contributed by atoms with van der Waals surface area (Å²) in [5, 5.41) is 13.6. The van der Waals surface area contributed by atoms with Crippen LogP contribution < -0.4 is 11.1 Å². The summed E-state index contributed by atoms with van der Waals surface area (Å²) in [5.74, 6) is -0.642. The number of carbonyl (C=O) groups excluding carboxylic acids is 2. The van der Waals surface area contributed by atoms with E-state index in [0.717, 1.165) is 6.07 Å². The van der Waals surface area contributed by atoms with Gasteiger partial charge in [-0.3, -0.25) is 19.7 Å². The summed E-state index contributed by atoms with van der Waals surface area (Å²) in [6, 6.07) is 3.92. The fourth-order valence-corrected chi connectivity index (χ4v) is 1.28. The molecule has 0 spiro atoms. The Morgan fingerprint density at radius 3 is 2.56 bits per heavy atom. The number of nitrogens with zero attached hydrogens (tertiary/aromatic N) is 1. The van der Waals surface area contributed by atoms with Crippen LogP contribution in [-0.2, 0) is 4.79 Å². The Bertz CT molecular complexity index is 511. The van der Waals surface area contributed by atoms with Crippen molar-refractivity contribution in [3.8, 4) is 0 Å². The third kappa shape index (κ3) is 2.82. The van der Waals surface area contributed by atoms with Crippen molar-refractivity contribution in [2.45, 2.75) is 19.4 Å². The van der Waals surface area contributed by atoms with Crippen LogP contribution in [0.15, 0.2) is 18.2 Å². The van der Waals surface area contributed by atoms with E-state index >= 15 is 0 Å². The molecule has 18 heavy (non-hydrogen) atoms. The zero-order valence-corrected chi connectivity index (χ0v) is 9.97. The van der Waals surface area contributed by atoms with Crippen molar-refractivity contribution in [2.75, 3.05) is 5.32 Å². The van der Waals surface area contributed by atoms with Gasteiger partial charge < -0.3 is 11.1 Å². The second-order valence-corrected chi connectivity index (χ2v) is 4.27. The number of primary amides is 1. The highest BCUT2D eigenvalue weighted by molar-refractivity contribution is 5.88. The van der Waals surface area contributed by atoms with Gasteiger partial charge in [-0.1, -0.05) is 0 Å². The highest BCUT2D eigenvalue weighted by Crippen LogP contribution is 2.27. The number of nitrogens with two attached hydrogens (primary N) is 1. The van der Waals surface area contributed by atoms with E-state index in [0.29, 0.717) is 6.29 Å². The topological polar surface area (TPSA) is 115 Å². The lowest BCUT2D eigenvalue weighted by atomic mass is 10.0. The van der Waals surface area contributed by atoms with E-state index < -0.39 is 16.4 Å². The molecule has 1 rings (SSSR count). The number of rotatable bonds is 5. The molecule has 1 amide bonds. The summed E-state index contributed by atoms with van der Waals surface area (Å²) in [4.78, 5) is 32.0. The van der Waals surface area contributed by atoms with Crippen molar-refractivity contribution in [2.24, 2.45) is 5.73 Å². The van der Waals surface area contributed by atoms with Crippen LogP contribution in [0, 0.1) is 10.1 Å². The SMILES string of the molecule is CC(C)(Nc1ccc(C=O)cc1[N+](=O)[O-])C(N)=O. The van der Waals surface area contributed by atoms with Crippen molar-refractivity contribution < 1.29 is 14.5 Å². The number of benzene rings is 1. The smallest absolute Gasteiger partial charge is 0.293 e. The third-order valence-corrected chi connectivity index (χ3v) is 2.42. The monoisotopic (exact) mass is 251 g/mol. The van der Waals surface area contributed by atoms with Gasteiger partial charge in [0, 0.05) is 11.6 Å². The van der Waals surface area contributed by atoms with E-state index in [2.05, 4.69) is 5.32 Å². The summed E-state index contributed by atoms with van der Waals surface area (Å²) in [7, 11) is 0. The van der Waals surface area contributed by atoms with E-state index in [4.69, 9.17) is 5.73 Å². The van der Waals surface area contributed by atoms with Crippen LogP contribution in [0.4, 0.5) is 11.4 Å². The Morgan fingerprint density at radius 2 is 2.11 bits per heavy atom. The van der Waals surface area contributed by atoms with Crippen molar-refractivity contribution in [1.82, 2.24) is 0 Å². The highest BCUT2D eigenvalue weighted by Gasteiger charge is 2.27. The highest BCUT2D eigenvalue weighted by atomic mass is 16.6. The predicted octanol–water partition coefficient (Wildman–Crippen LogP) is 1.08. The molecular weight excluding hydrogens is 238 g/mol. The fraction of sp³-hybridized carbons (Fsp3) is 0.273. The maximum Gasteiger partial charge on any atom is 0.293 e. The van der Waals surface area contributed by atoms with E-state index in [1.165, 1.54) is 26.0 Å². The zero-order valence-electron chi connectivity index (χ0n) is 9.97. The minimum Gasteiger partial charge on any atom is -0.368 e. The zero-order chi connectivity index (χ0) is 13.9. The van der Waals surface area contributed by atoms with Crippen molar-refractivity contribution in [1.29, 1.82) is 0 Å². The number of aldehydes is 1. The van der Waals surface area contributed by atoms with Gasteiger partial charge in [0.15, 0.2) is 0 Å². The van der Waals surface area contributed by atoms with Gasteiger partial charge in [0.1, 0.15) is 17.5 Å². The molecule has 7 heteroatoms. The maximum absolute atomic E-state index is 11.2. The van der Waals surface area contributed by atoms with Gasteiger partial charge >= 0.3 is 0 Å². The number of nitro groups is 1. The van der Waals surface area contributed by atoms with E-state index in [-0.39, 0.29) is 16.9 Å². The van der Waals surface area contributed by atoms with Crippen LogP contribution in [-0.4, -0.2) is 22.7 Å². The predicted molar refractivity (Wildman–Crippen MR) is 65.4 cm³/mol. The quantitative estimate of drug-likeness (QED) is 0.461. The Morgan fingerprint density at radius 1 is 1.50 bits per heavy atom. The van der Waals surface area contributed by atoms with Crippen LogP contribution >= 0.6 is 0 Å². The van der Waals surface area contributed by atoms with E-state index in [9.17, 15) is 19.7 Å².